The first-order valence-corrected chi connectivity index (χ1v) is 25.4. The quantitative estimate of drug-likeness (QED) is 0.156. The molecule has 0 spiro atoms. The molecule has 344 valence electrons. The number of benzene rings is 8. The van der Waals surface area contributed by atoms with Crippen molar-refractivity contribution in [3.8, 4) is 22.5 Å². The van der Waals surface area contributed by atoms with E-state index in [1.165, 1.54) is 121 Å². The van der Waals surface area contributed by atoms with E-state index >= 15 is 0 Å². The predicted molar refractivity (Wildman–Crippen MR) is 297 cm³/mol. The summed E-state index contributed by atoms with van der Waals surface area (Å²) in [4.78, 5) is 0. The van der Waals surface area contributed by atoms with Gasteiger partial charge < -0.3 is 9.13 Å². The van der Waals surface area contributed by atoms with E-state index in [1.54, 1.807) is 0 Å². The molecular formula is C67H66N2. The Morgan fingerprint density at radius 3 is 1.42 bits per heavy atom. The van der Waals surface area contributed by atoms with E-state index in [4.69, 9.17) is 0 Å². The Bertz CT molecular complexity index is 3720. The predicted octanol–water partition coefficient (Wildman–Crippen LogP) is 18.3. The van der Waals surface area contributed by atoms with Gasteiger partial charge in [0.25, 0.3) is 0 Å². The molecule has 8 aromatic carbocycles. The van der Waals surface area contributed by atoms with Gasteiger partial charge in [0, 0.05) is 39.1 Å². The van der Waals surface area contributed by atoms with Crippen LogP contribution in [-0.4, -0.2) is 9.13 Å². The highest BCUT2D eigenvalue weighted by atomic mass is 15.0. The fourth-order valence-corrected chi connectivity index (χ4v) is 11.8. The summed E-state index contributed by atoms with van der Waals surface area (Å²) in [6, 6.07) is 57.0. The minimum atomic E-state index is 0.0322. The van der Waals surface area contributed by atoms with Crippen LogP contribution in [0, 0.1) is 11.3 Å². The Hall–Kier alpha value is -6.64. The van der Waals surface area contributed by atoms with Crippen LogP contribution in [0.25, 0.3) is 82.8 Å². The maximum Gasteiger partial charge on any atom is 0.0541 e. The third-order valence-corrected chi connectivity index (χ3v) is 16.1. The topological polar surface area (TPSA) is 9.86 Å². The maximum absolute atomic E-state index is 2.57. The largest absolute Gasteiger partial charge is 0.310 e. The fourth-order valence-electron chi connectivity index (χ4n) is 11.8. The van der Waals surface area contributed by atoms with Gasteiger partial charge in [0.2, 0.25) is 0 Å². The third kappa shape index (κ3) is 7.03. The number of hydrogen-bond acceptors (Lipinski definition) is 0. The van der Waals surface area contributed by atoms with Crippen LogP contribution in [0.15, 0.2) is 152 Å². The molecule has 0 amide bonds. The third-order valence-electron chi connectivity index (χ3n) is 16.1. The van der Waals surface area contributed by atoms with Crippen molar-refractivity contribution >= 4 is 60.3 Å². The maximum atomic E-state index is 2.57. The molecule has 0 saturated carbocycles. The zero-order valence-electron chi connectivity index (χ0n) is 42.8. The molecule has 2 aliphatic carbocycles. The van der Waals surface area contributed by atoms with Crippen molar-refractivity contribution < 1.29 is 0 Å². The van der Waals surface area contributed by atoms with Crippen molar-refractivity contribution in [1.29, 1.82) is 0 Å². The summed E-state index contributed by atoms with van der Waals surface area (Å²) in [5.74, 6) is 0.501. The number of hydrogen-bond donors (Lipinski definition) is 0. The first kappa shape index (κ1) is 43.6. The summed E-state index contributed by atoms with van der Waals surface area (Å²) in [5, 5.41) is 9.12. The summed E-state index contributed by atoms with van der Waals surface area (Å²) < 4.78 is 5.10. The molecule has 2 unspecified atom stereocenters. The Morgan fingerprint density at radius 1 is 0.420 bits per heavy atom. The lowest BCUT2D eigenvalue weighted by Gasteiger charge is -2.31. The molecule has 0 saturated heterocycles. The Kier molecular flexibility index (Phi) is 9.44. The van der Waals surface area contributed by atoms with Crippen molar-refractivity contribution in [2.45, 2.75) is 112 Å². The highest BCUT2D eigenvalue weighted by molar-refractivity contribution is 6.10. The van der Waals surface area contributed by atoms with Crippen molar-refractivity contribution in [2.24, 2.45) is 11.3 Å². The summed E-state index contributed by atoms with van der Waals surface area (Å²) in [6.45, 7) is 28.1. The second-order valence-electron chi connectivity index (χ2n) is 24.8. The number of aromatic nitrogens is 2. The van der Waals surface area contributed by atoms with E-state index in [9.17, 15) is 0 Å². The summed E-state index contributed by atoms with van der Waals surface area (Å²) in [5.41, 5.74) is 20.1. The molecule has 0 aliphatic heterocycles. The lowest BCUT2D eigenvalue weighted by molar-refractivity contribution is 0.291. The fraction of sp³-hybridized carbons (Fsp3) is 0.284. The van der Waals surface area contributed by atoms with Gasteiger partial charge in [0.1, 0.15) is 0 Å². The van der Waals surface area contributed by atoms with Crippen molar-refractivity contribution in [2.75, 3.05) is 0 Å². The Balaban J connectivity index is 1.08. The molecule has 2 aromatic heterocycles. The molecule has 2 nitrogen and oxygen atoms in total. The number of allylic oxidation sites excluding steroid dienone is 1. The van der Waals surface area contributed by atoms with Gasteiger partial charge in [0.05, 0.1) is 16.6 Å². The normalized spacial score (nSPS) is 16.3. The van der Waals surface area contributed by atoms with Gasteiger partial charge in [-0.05, 0) is 184 Å². The van der Waals surface area contributed by atoms with E-state index in [0.29, 0.717) is 5.92 Å². The van der Waals surface area contributed by atoms with Gasteiger partial charge >= 0.3 is 0 Å². The summed E-state index contributed by atoms with van der Waals surface area (Å²) >= 11 is 0. The number of rotatable bonds is 3. The second kappa shape index (κ2) is 14.9. The molecule has 2 atom stereocenters. The molecule has 0 radical (unpaired) electrons. The van der Waals surface area contributed by atoms with Crippen LogP contribution in [0.4, 0.5) is 0 Å². The molecule has 69 heavy (non-hydrogen) atoms. The first-order chi connectivity index (χ1) is 32.7. The molecule has 2 heteroatoms. The van der Waals surface area contributed by atoms with Crippen molar-refractivity contribution in [1.82, 2.24) is 9.13 Å². The molecule has 2 heterocycles. The smallest absolute Gasteiger partial charge is 0.0541 e. The van der Waals surface area contributed by atoms with Gasteiger partial charge in [-0.1, -0.05) is 162 Å². The highest BCUT2D eigenvalue weighted by Crippen LogP contribution is 2.51. The van der Waals surface area contributed by atoms with E-state index in [-0.39, 0.29) is 27.6 Å². The van der Waals surface area contributed by atoms with Crippen molar-refractivity contribution in [3.63, 3.8) is 0 Å². The Labute approximate surface area is 409 Å². The van der Waals surface area contributed by atoms with Crippen LogP contribution in [0.3, 0.4) is 0 Å². The standard InChI is InChI=1S/C67H66N2/c1-64(2,3)45-19-27-59-53(34-45)54-35-46(65(4,5)6)20-28-60(54)68(59)49-23-25-51-52-26-24-50(69-61-29-21-47(66(7,8)9)36-55(61)56-37-48(67(10,11)12)22-30-62(56)69)39-58(52)63(57(51)38-49)43-18-17-42-31-40-15-13-14-16-41(40)32-44(42)33-43/h13-36,38-39,48,63H,37H2,1-12H3. The molecule has 10 aromatic rings. The first-order valence-electron chi connectivity index (χ1n) is 25.4. The highest BCUT2D eigenvalue weighted by Gasteiger charge is 2.34. The minimum absolute atomic E-state index is 0.0322. The van der Waals surface area contributed by atoms with Gasteiger partial charge in [-0.2, -0.15) is 0 Å². The lowest BCUT2D eigenvalue weighted by atomic mass is 9.74. The van der Waals surface area contributed by atoms with Gasteiger partial charge in [-0.15, -0.1) is 0 Å². The van der Waals surface area contributed by atoms with Crippen LogP contribution in [0.5, 0.6) is 0 Å². The monoisotopic (exact) mass is 899 g/mol. The molecule has 12 rings (SSSR count). The van der Waals surface area contributed by atoms with Crippen LogP contribution in [-0.2, 0) is 22.7 Å². The number of nitrogens with zero attached hydrogens (tertiary/aromatic N) is 2. The van der Waals surface area contributed by atoms with Crippen LogP contribution in [0.1, 0.15) is 134 Å². The average molecular weight is 899 g/mol. The zero-order valence-corrected chi connectivity index (χ0v) is 42.8. The van der Waals surface area contributed by atoms with Crippen molar-refractivity contribution in [3.05, 3.63) is 196 Å². The van der Waals surface area contributed by atoms with Gasteiger partial charge in [0.15, 0.2) is 0 Å². The lowest BCUT2D eigenvalue weighted by Crippen LogP contribution is -2.22. The van der Waals surface area contributed by atoms with Gasteiger partial charge in [-0.3, -0.25) is 0 Å². The SMILES string of the molecule is CC(C)(C)c1ccc2c(c1)c1c(n2-c2ccc3c(c2)C(c2ccc4cc5ccccc5cc4c2)c2cc(-n4c5ccc(C(C)(C)C)cc5c5cc(C(C)(C)C)ccc54)ccc2-3)C=CC(C(C)(C)C)C1. The average Bonchev–Trinajstić information content (AvgIpc) is 3.93. The minimum Gasteiger partial charge on any atom is -0.310 e. The zero-order chi connectivity index (χ0) is 48.1. The van der Waals surface area contributed by atoms with E-state index in [2.05, 4.69) is 250 Å². The Morgan fingerprint density at radius 2 is 0.899 bits per heavy atom. The number of fused-ring (bicyclic) bond motifs is 11. The summed E-state index contributed by atoms with van der Waals surface area (Å²) in [6.07, 6.45) is 5.96. The molecule has 0 N–H and O–H groups in total. The molecule has 0 bridgehead atoms. The molecule has 2 aliphatic rings. The van der Waals surface area contributed by atoms with E-state index in [1.807, 2.05) is 0 Å². The van der Waals surface area contributed by atoms with E-state index < -0.39 is 0 Å². The summed E-state index contributed by atoms with van der Waals surface area (Å²) in [7, 11) is 0. The van der Waals surface area contributed by atoms with Crippen LogP contribution < -0.4 is 0 Å². The van der Waals surface area contributed by atoms with Gasteiger partial charge in [-0.25, -0.2) is 0 Å². The molecular weight excluding hydrogens is 833 g/mol. The second-order valence-corrected chi connectivity index (χ2v) is 24.8. The van der Waals surface area contributed by atoms with Crippen LogP contribution in [0.2, 0.25) is 0 Å². The molecule has 0 fully saturated rings. The van der Waals surface area contributed by atoms with Crippen LogP contribution >= 0.6 is 0 Å². The van der Waals surface area contributed by atoms with E-state index in [0.717, 1.165) is 6.42 Å².